The molecule has 2 aliphatic heterocycles. The Hall–Kier alpha value is -3.85. The second-order valence-corrected chi connectivity index (χ2v) is 9.80. The number of aliphatic hydroxyl groups is 1. The number of aromatic nitrogens is 4. The van der Waals surface area contributed by atoms with E-state index in [1.807, 2.05) is 43.0 Å². The Bertz CT molecular complexity index is 1470. The first kappa shape index (κ1) is 21.7. The number of carbonyl (C=O) groups excluding carboxylic acids is 1. The summed E-state index contributed by atoms with van der Waals surface area (Å²) in [5, 5.41) is 18.0. The van der Waals surface area contributed by atoms with Gasteiger partial charge in [-0.3, -0.25) is 4.79 Å². The molecule has 2 N–H and O–H groups in total. The molecule has 0 saturated carbocycles. The van der Waals surface area contributed by atoms with Crippen LogP contribution in [0.1, 0.15) is 48.8 Å². The third-order valence-electron chi connectivity index (χ3n) is 7.00. The van der Waals surface area contributed by atoms with Gasteiger partial charge in [0.25, 0.3) is 0 Å². The Morgan fingerprint density at radius 1 is 1.23 bits per heavy atom. The van der Waals surface area contributed by atoms with Crippen molar-refractivity contribution < 1.29 is 14.3 Å². The SMILES string of the molecule is CC1(C)C(=O)Nc2cc(Cc3nc4c(N5C[C@H](O)C[C@@H]5c5cccc(F)c5)nccn4n3)ccc21. The van der Waals surface area contributed by atoms with Gasteiger partial charge in [0.15, 0.2) is 17.3 Å². The maximum Gasteiger partial charge on any atom is 0.234 e. The lowest BCUT2D eigenvalue weighted by atomic mass is 9.86. The number of rotatable bonds is 4. The molecule has 2 aliphatic rings. The highest BCUT2D eigenvalue weighted by molar-refractivity contribution is 6.05. The number of β-amino-alcohol motifs (C(OH)–C–C–N with tert-alkyl or cyclic N) is 1. The third kappa shape index (κ3) is 3.63. The van der Waals surface area contributed by atoms with Crippen LogP contribution >= 0.6 is 0 Å². The van der Waals surface area contributed by atoms with E-state index in [1.54, 1.807) is 23.0 Å². The van der Waals surface area contributed by atoms with Crippen LogP contribution in [0.2, 0.25) is 0 Å². The van der Waals surface area contributed by atoms with E-state index in [0.29, 0.717) is 36.7 Å². The summed E-state index contributed by atoms with van der Waals surface area (Å²) in [6.45, 7) is 4.20. The van der Waals surface area contributed by atoms with Crippen molar-refractivity contribution in [2.24, 2.45) is 0 Å². The number of amides is 1. The minimum absolute atomic E-state index is 0.00752. The molecular weight excluding hydrogens is 447 g/mol. The molecule has 0 bridgehead atoms. The van der Waals surface area contributed by atoms with Gasteiger partial charge in [-0.05, 0) is 55.2 Å². The molecule has 2 aromatic carbocycles. The fourth-order valence-corrected chi connectivity index (χ4v) is 5.14. The predicted octanol–water partition coefficient (Wildman–Crippen LogP) is 3.40. The molecule has 35 heavy (non-hydrogen) atoms. The van der Waals surface area contributed by atoms with Crippen LogP contribution in [0, 0.1) is 5.82 Å². The molecule has 4 aromatic rings. The van der Waals surface area contributed by atoms with Gasteiger partial charge in [-0.25, -0.2) is 18.9 Å². The third-order valence-corrected chi connectivity index (χ3v) is 7.00. The number of anilines is 2. The quantitative estimate of drug-likeness (QED) is 0.473. The van der Waals surface area contributed by atoms with Gasteiger partial charge in [0.05, 0.1) is 17.6 Å². The Labute approximate surface area is 201 Å². The zero-order valence-electron chi connectivity index (χ0n) is 19.4. The molecule has 0 spiro atoms. The summed E-state index contributed by atoms with van der Waals surface area (Å²) in [4.78, 5) is 23.6. The van der Waals surface area contributed by atoms with Gasteiger partial charge in [-0.2, -0.15) is 5.10 Å². The number of aliphatic hydroxyl groups excluding tert-OH is 1. The highest BCUT2D eigenvalue weighted by Crippen LogP contribution is 2.39. The second kappa shape index (κ2) is 7.84. The summed E-state index contributed by atoms with van der Waals surface area (Å²) in [5.74, 6) is 0.894. The van der Waals surface area contributed by atoms with Crippen molar-refractivity contribution in [3.05, 3.63) is 83.2 Å². The molecular formula is C26H25FN6O2. The van der Waals surface area contributed by atoms with Crippen LogP contribution < -0.4 is 10.2 Å². The largest absolute Gasteiger partial charge is 0.391 e. The number of hydrogen-bond donors (Lipinski definition) is 2. The van der Waals surface area contributed by atoms with E-state index in [2.05, 4.69) is 15.4 Å². The molecule has 178 valence electrons. The van der Waals surface area contributed by atoms with Gasteiger partial charge in [-0.15, -0.1) is 0 Å². The number of carbonyl (C=O) groups is 1. The number of fused-ring (bicyclic) bond motifs is 2. The summed E-state index contributed by atoms with van der Waals surface area (Å²) in [7, 11) is 0. The Morgan fingerprint density at radius 3 is 2.91 bits per heavy atom. The van der Waals surface area contributed by atoms with Crippen molar-refractivity contribution in [1.82, 2.24) is 19.6 Å². The molecule has 0 unspecified atom stereocenters. The zero-order valence-corrected chi connectivity index (χ0v) is 19.4. The van der Waals surface area contributed by atoms with Crippen molar-refractivity contribution in [2.45, 2.75) is 44.2 Å². The monoisotopic (exact) mass is 472 g/mol. The molecule has 4 heterocycles. The van der Waals surface area contributed by atoms with Crippen LogP contribution in [-0.4, -0.2) is 43.2 Å². The summed E-state index contributed by atoms with van der Waals surface area (Å²) in [5.41, 5.74) is 3.61. The summed E-state index contributed by atoms with van der Waals surface area (Å²) < 4.78 is 15.6. The van der Waals surface area contributed by atoms with Crippen LogP contribution in [0.4, 0.5) is 15.9 Å². The fraction of sp³-hybridized carbons (Fsp3) is 0.308. The predicted molar refractivity (Wildman–Crippen MR) is 129 cm³/mol. The van der Waals surface area contributed by atoms with Crippen molar-refractivity contribution in [1.29, 1.82) is 0 Å². The van der Waals surface area contributed by atoms with Crippen LogP contribution in [0.3, 0.4) is 0 Å². The lowest BCUT2D eigenvalue weighted by molar-refractivity contribution is -0.119. The maximum absolute atomic E-state index is 13.9. The van der Waals surface area contributed by atoms with Gasteiger partial charge in [0.1, 0.15) is 5.82 Å². The highest BCUT2D eigenvalue weighted by Gasteiger charge is 2.38. The zero-order chi connectivity index (χ0) is 24.3. The van der Waals surface area contributed by atoms with Crippen LogP contribution in [0.5, 0.6) is 0 Å². The van der Waals surface area contributed by atoms with E-state index in [4.69, 9.17) is 4.98 Å². The minimum Gasteiger partial charge on any atom is -0.391 e. The van der Waals surface area contributed by atoms with E-state index >= 15 is 0 Å². The Kier molecular flexibility index (Phi) is 4.86. The van der Waals surface area contributed by atoms with E-state index in [0.717, 1.165) is 22.4 Å². The number of nitrogens with zero attached hydrogens (tertiary/aromatic N) is 5. The van der Waals surface area contributed by atoms with E-state index in [9.17, 15) is 14.3 Å². The van der Waals surface area contributed by atoms with Crippen molar-refractivity contribution in [3.63, 3.8) is 0 Å². The Morgan fingerprint density at radius 2 is 2.09 bits per heavy atom. The fourth-order valence-electron chi connectivity index (χ4n) is 5.14. The molecule has 2 atom stereocenters. The summed E-state index contributed by atoms with van der Waals surface area (Å²) in [6, 6.07) is 12.2. The standard InChI is InChI=1S/C26H25FN6O2/c1-26(2)19-7-6-15(10-20(19)29-25(26)35)11-22-30-24-23(28-8-9-33(24)31-22)32-14-18(34)13-21(32)16-4-3-5-17(27)12-16/h3-10,12,18,21,34H,11,13-14H2,1-2H3,(H,29,35)/t18-,21-/m1/s1. The molecule has 0 aliphatic carbocycles. The average Bonchev–Trinajstić information content (AvgIpc) is 3.47. The minimum atomic E-state index is -0.557. The van der Waals surface area contributed by atoms with Crippen LogP contribution in [-0.2, 0) is 16.6 Å². The van der Waals surface area contributed by atoms with Gasteiger partial charge in [-0.1, -0.05) is 24.3 Å². The van der Waals surface area contributed by atoms with E-state index < -0.39 is 11.5 Å². The van der Waals surface area contributed by atoms with Gasteiger partial charge >= 0.3 is 0 Å². The van der Waals surface area contributed by atoms with Gasteiger partial charge in [0.2, 0.25) is 5.91 Å². The molecule has 1 amide bonds. The summed E-state index contributed by atoms with van der Waals surface area (Å²) >= 11 is 0. The molecule has 1 fully saturated rings. The van der Waals surface area contributed by atoms with Crippen molar-refractivity contribution in [2.75, 3.05) is 16.8 Å². The molecule has 9 heteroatoms. The number of halogens is 1. The first-order chi connectivity index (χ1) is 16.8. The van der Waals surface area contributed by atoms with Crippen molar-refractivity contribution in [3.8, 4) is 0 Å². The smallest absolute Gasteiger partial charge is 0.234 e. The molecule has 8 nitrogen and oxygen atoms in total. The number of nitrogens with one attached hydrogen (secondary N) is 1. The van der Waals surface area contributed by atoms with Gasteiger partial charge < -0.3 is 15.3 Å². The van der Waals surface area contributed by atoms with Crippen LogP contribution in [0.15, 0.2) is 54.9 Å². The first-order valence-corrected chi connectivity index (χ1v) is 11.6. The highest BCUT2D eigenvalue weighted by atomic mass is 19.1. The maximum atomic E-state index is 13.9. The average molecular weight is 473 g/mol. The number of hydrogen-bond acceptors (Lipinski definition) is 6. The Balaban J connectivity index is 1.33. The molecule has 1 saturated heterocycles. The van der Waals surface area contributed by atoms with E-state index in [-0.39, 0.29) is 17.8 Å². The van der Waals surface area contributed by atoms with Gasteiger partial charge in [0, 0.05) is 31.0 Å². The lowest BCUT2D eigenvalue weighted by Gasteiger charge is -2.25. The van der Waals surface area contributed by atoms with Crippen LogP contribution in [0.25, 0.3) is 5.65 Å². The molecule has 0 radical (unpaired) electrons. The van der Waals surface area contributed by atoms with E-state index in [1.165, 1.54) is 12.1 Å². The second-order valence-electron chi connectivity index (χ2n) is 9.80. The molecule has 6 rings (SSSR count). The molecule has 2 aromatic heterocycles. The lowest BCUT2D eigenvalue weighted by Crippen LogP contribution is -2.26. The number of benzene rings is 2. The first-order valence-electron chi connectivity index (χ1n) is 11.6. The van der Waals surface area contributed by atoms with Crippen molar-refractivity contribution >= 4 is 23.1 Å². The topological polar surface area (TPSA) is 95.7 Å². The summed E-state index contributed by atoms with van der Waals surface area (Å²) in [6.07, 6.45) is 3.80. The normalized spacial score (nSPS) is 20.9.